The zero-order chi connectivity index (χ0) is 15.8. The van der Waals surface area contributed by atoms with E-state index in [2.05, 4.69) is 5.32 Å². The Labute approximate surface area is 122 Å². The Morgan fingerprint density at radius 1 is 1.33 bits per heavy atom. The second-order valence-corrected chi connectivity index (χ2v) is 4.32. The van der Waals surface area contributed by atoms with Crippen molar-refractivity contribution in [2.75, 3.05) is 5.32 Å². The molecule has 1 atom stereocenters. The third-order valence-electron chi connectivity index (χ3n) is 2.70. The zero-order valence-corrected chi connectivity index (χ0v) is 11.8. The van der Waals surface area contributed by atoms with Crippen molar-refractivity contribution in [2.24, 2.45) is 0 Å². The second-order valence-electron chi connectivity index (χ2n) is 4.32. The van der Waals surface area contributed by atoms with Gasteiger partial charge in [-0.3, -0.25) is 4.79 Å². The van der Waals surface area contributed by atoms with E-state index in [1.54, 1.807) is 25.1 Å². The van der Waals surface area contributed by atoms with Gasteiger partial charge in [-0.05, 0) is 25.5 Å². The van der Waals surface area contributed by atoms with Crippen LogP contribution in [0.5, 0.6) is 0 Å². The summed E-state index contributed by atoms with van der Waals surface area (Å²) in [5.74, 6) is -2.37. The Bertz CT molecular complexity index is 609. The minimum Gasteiger partial charge on any atom is -0.477 e. The summed E-state index contributed by atoms with van der Waals surface area (Å²) < 4.78 is 4.95. The lowest BCUT2D eigenvalue weighted by atomic mass is 10.2. The van der Waals surface area contributed by atoms with Crippen molar-refractivity contribution in [1.29, 1.82) is 0 Å². The number of nitrogens with one attached hydrogen (secondary N) is 1. The number of hydrogen-bond acceptors (Lipinski definition) is 5. The zero-order valence-electron chi connectivity index (χ0n) is 11.8. The van der Waals surface area contributed by atoms with Gasteiger partial charge in [0.2, 0.25) is 5.43 Å². The average molecular weight is 291 g/mol. The lowest BCUT2D eigenvalue weighted by molar-refractivity contribution is -0.147. The van der Waals surface area contributed by atoms with E-state index < -0.39 is 17.5 Å². The van der Waals surface area contributed by atoms with Crippen molar-refractivity contribution in [3.8, 4) is 0 Å². The number of carboxylic acid groups (broad SMARTS) is 1. The Morgan fingerprint density at radius 2 is 2.00 bits per heavy atom. The Kier molecular flexibility index (Phi) is 6.13. The fraction of sp³-hybridized carbons (Fsp3) is 0.267. The molecular formula is C15H17NO5. The molecule has 1 aromatic rings. The highest BCUT2D eigenvalue weighted by molar-refractivity contribution is 6.13. The van der Waals surface area contributed by atoms with Gasteiger partial charge in [-0.25, -0.2) is 9.59 Å². The predicted octanol–water partition coefficient (Wildman–Crippen LogP) is 1.77. The minimum absolute atomic E-state index is 0.162. The molecule has 1 rings (SSSR count). The molecule has 0 heterocycles. The molecule has 0 aliphatic heterocycles. The van der Waals surface area contributed by atoms with E-state index in [0.717, 1.165) is 6.20 Å². The van der Waals surface area contributed by atoms with Crippen LogP contribution in [-0.4, -0.2) is 23.1 Å². The standard InChI is InChI=1S/C15H17NO5/c1-3-10(2)21-15(20)11(14(18)19)9-16-12-7-5-4-6-8-13(12)17/h4-10H,3H2,1-2H3,(H,16,17)(H,18,19). The molecule has 1 aromatic carbocycles. The van der Waals surface area contributed by atoms with Gasteiger partial charge in [0.1, 0.15) is 0 Å². The first-order valence-corrected chi connectivity index (χ1v) is 6.46. The monoisotopic (exact) mass is 291 g/mol. The molecule has 2 N–H and O–H groups in total. The molecule has 0 spiro atoms. The topological polar surface area (TPSA) is 92.7 Å². The molecule has 112 valence electrons. The first-order valence-electron chi connectivity index (χ1n) is 6.46. The van der Waals surface area contributed by atoms with E-state index in [-0.39, 0.29) is 17.2 Å². The van der Waals surface area contributed by atoms with Gasteiger partial charge in [-0.2, -0.15) is 0 Å². The SMILES string of the molecule is CCC(C)OC(=O)C(=CNc1cccccc1=O)C(=O)O. The Balaban J connectivity index is 2.97. The normalized spacial score (nSPS) is 12.4. The number of carbonyl (C=O) groups excluding carboxylic acids is 1. The van der Waals surface area contributed by atoms with Crippen molar-refractivity contribution in [3.05, 3.63) is 52.3 Å². The van der Waals surface area contributed by atoms with Crippen LogP contribution in [0.15, 0.2) is 46.9 Å². The number of rotatable bonds is 6. The molecule has 0 amide bonds. The summed E-state index contributed by atoms with van der Waals surface area (Å²) in [5.41, 5.74) is -0.729. The van der Waals surface area contributed by atoms with Crippen molar-refractivity contribution in [2.45, 2.75) is 26.4 Å². The van der Waals surface area contributed by atoms with Crippen LogP contribution in [-0.2, 0) is 14.3 Å². The molecule has 0 saturated carbocycles. The molecule has 0 aromatic heterocycles. The molecule has 0 radical (unpaired) electrons. The number of aliphatic carboxylic acids is 1. The summed E-state index contributed by atoms with van der Waals surface area (Å²) >= 11 is 0. The molecule has 0 aliphatic carbocycles. The summed E-state index contributed by atoms with van der Waals surface area (Å²) in [7, 11) is 0. The molecule has 6 heteroatoms. The minimum atomic E-state index is -1.43. The summed E-state index contributed by atoms with van der Waals surface area (Å²) in [6, 6.07) is 7.65. The molecular weight excluding hydrogens is 274 g/mol. The average Bonchev–Trinajstić information content (AvgIpc) is 2.63. The van der Waals surface area contributed by atoms with Crippen molar-refractivity contribution in [1.82, 2.24) is 0 Å². The number of hydrogen-bond donors (Lipinski definition) is 2. The molecule has 1 unspecified atom stereocenters. The van der Waals surface area contributed by atoms with Crippen molar-refractivity contribution >= 4 is 17.6 Å². The summed E-state index contributed by atoms with van der Waals surface area (Å²) in [6.45, 7) is 3.48. The van der Waals surface area contributed by atoms with E-state index in [4.69, 9.17) is 9.84 Å². The van der Waals surface area contributed by atoms with Gasteiger partial charge >= 0.3 is 11.9 Å². The van der Waals surface area contributed by atoms with Gasteiger partial charge in [-0.1, -0.05) is 25.1 Å². The number of esters is 1. The van der Waals surface area contributed by atoms with Gasteiger partial charge in [-0.15, -0.1) is 0 Å². The van der Waals surface area contributed by atoms with Crippen LogP contribution in [0.1, 0.15) is 20.3 Å². The van der Waals surface area contributed by atoms with E-state index in [9.17, 15) is 14.4 Å². The van der Waals surface area contributed by atoms with Crippen LogP contribution < -0.4 is 10.7 Å². The second kappa shape index (κ2) is 7.84. The highest BCUT2D eigenvalue weighted by Gasteiger charge is 2.20. The van der Waals surface area contributed by atoms with Crippen LogP contribution in [0.3, 0.4) is 0 Å². The van der Waals surface area contributed by atoms with Gasteiger partial charge in [0.05, 0.1) is 11.8 Å². The third kappa shape index (κ3) is 5.10. The summed E-state index contributed by atoms with van der Waals surface area (Å²) in [5, 5.41) is 11.6. The summed E-state index contributed by atoms with van der Waals surface area (Å²) in [6.07, 6.45) is 1.15. The fourth-order valence-corrected chi connectivity index (χ4v) is 1.34. The maximum atomic E-state index is 11.7. The quantitative estimate of drug-likeness (QED) is 0.359. The van der Waals surface area contributed by atoms with Crippen molar-refractivity contribution < 1.29 is 19.4 Å². The maximum Gasteiger partial charge on any atom is 0.347 e. The predicted molar refractivity (Wildman–Crippen MR) is 77.9 cm³/mol. The van der Waals surface area contributed by atoms with Crippen LogP contribution in [0.4, 0.5) is 5.69 Å². The van der Waals surface area contributed by atoms with E-state index >= 15 is 0 Å². The third-order valence-corrected chi connectivity index (χ3v) is 2.70. The summed E-state index contributed by atoms with van der Waals surface area (Å²) in [4.78, 5) is 34.5. The fourth-order valence-electron chi connectivity index (χ4n) is 1.34. The first-order chi connectivity index (χ1) is 9.95. The van der Waals surface area contributed by atoms with Crippen LogP contribution in [0, 0.1) is 0 Å². The number of carbonyl (C=O) groups is 2. The molecule has 6 nitrogen and oxygen atoms in total. The molecule has 0 bridgehead atoms. The lowest BCUT2D eigenvalue weighted by Gasteiger charge is -2.11. The molecule has 0 saturated heterocycles. The van der Waals surface area contributed by atoms with E-state index in [0.29, 0.717) is 6.42 Å². The molecule has 0 fully saturated rings. The Morgan fingerprint density at radius 3 is 2.62 bits per heavy atom. The first kappa shape index (κ1) is 16.4. The van der Waals surface area contributed by atoms with E-state index in [1.807, 2.05) is 6.92 Å². The van der Waals surface area contributed by atoms with Crippen LogP contribution >= 0.6 is 0 Å². The molecule has 0 aliphatic rings. The highest BCUT2D eigenvalue weighted by Crippen LogP contribution is 2.06. The Hall–Kier alpha value is -2.63. The van der Waals surface area contributed by atoms with Gasteiger partial charge in [0.25, 0.3) is 0 Å². The van der Waals surface area contributed by atoms with Gasteiger partial charge in [0, 0.05) is 6.20 Å². The van der Waals surface area contributed by atoms with E-state index in [1.165, 1.54) is 12.1 Å². The number of anilines is 1. The van der Waals surface area contributed by atoms with Gasteiger partial charge < -0.3 is 15.2 Å². The van der Waals surface area contributed by atoms with Gasteiger partial charge in [0.15, 0.2) is 5.57 Å². The van der Waals surface area contributed by atoms with Crippen LogP contribution in [0.25, 0.3) is 0 Å². The maximum absolute atomic E-state index is 11.7. The smallest absolute Gasteiger partial charge is 0.347 e. The largest absolute Gasteiger partial charge is 0.477 e. The lowest BCUT2D eigenvalue weighted by Crippen LogP contribution is -2.21. The highest BCUT2D eigenvalue weighted by atomic mass is 16.5. The number of carboxylic acids is 1. The van der Waals surface area contributed by atoms with Crippen molar-refractivity contribution in [3.63, 3.8) is 0 Å². The number of ether oxygens (including phenoxy) is 1. The van der Waals surface area contributed by atoms with Crippen LogP contribution in [0.2, 0.25) is 0 Å². The molecule has 21 heavy (non-hydrogen) atoms.